The summed E-state index contributed by atoms with van der Waals surface area (Å²) < 4.78 is 0. The SMILES string of the molecule is CCC(C)NCC(Cl)CC(C)(C)C. The van der Waals surface area contributed by atoms with E-state index in [4.69, 9.17) is 11.6 Å². The lowest BCUT2D eigenvalue weighted by atomic mass is 9.90. The van der Waals surface area contributed by atoms with E-state index in [0.717, 1.165) is 13.0 Å². The van der Waals surface area contributed by atoms with Gasteiger partial charge in [-0.2, -0.15) is 0 Å². The summed E-state index contributed by atoms with van der Waals surface area (Å²) in [7, 11) is 0. The van der Waals surface area contributed by atoms with Crippen molar-refractivity contribution in [3.05, 3.63) is 0 Å². The Morgan fingerprint density at radius 1 is 1.31 bits per heavy atom. The lowest BCUT2D eigenvalue weighted by Crippen LogP contribution is -2.32. The highest BCUT2D eigenvalue weighted by molar-refractivity contribution is 6.20. The van der Waals surface area contributed by atoms with Crippen LogP contribution < -0.4 is 5.32 Å². The second kappa shape index (κ2) is 5.87. The summed E-state index contributed by atoms with van der Waals surface area (Å²) in [6.45, 7) is 12.0. The summed E-state index contributed by atoms with van der Waals surface area (Å²) in [5.74, 6) is 0. The lowest BCUT2D eigenvalue weighted by Gasteiger charge is -2.23. The summed E-state index contributed by atoms with van der Waals surface area (Å²) in [4.78, 5) is 0. The van der Waals surface area contributed by atoms with Crippen LogP contribution in [0.2, 0.25) is 0 Å². The van der Waals surface area contributed by atoms with Gasteiger partial charge in [0.05, 0.1) is 0 Å². The molecule has 0 aliphatic rings. The molecule has 2 atom stereocenters. The van der Waals surface area contributed by atoms with Crippen molar-refractivity contribution in [3.63, 3.8) is 0 Å². The Kier molecular flexibility index (Phi) is 5.98. The molecule has 13 heavy (non-hydrogen) atoms. The van der Waals surface area contributed by atoms with Gasteiger partial charge in [0.25, 0.3) is 0 Å². The molecule has 0 aliphatic carbocycles. The molecule has 0 radical (unpaired) electrons. The highest BCUT2D eigenvalue weighted by Gasteiger charge is 2.16. The third-order valence-electron chi connectivity index (χ3n) is 2.13. The molecule has 0 heterocycles. The Morgan fingerprint density at radius 3 is 2.23 bits per heavy atom. The maximum atomic E-state index is 6.20. The van der Waals surface area contributed by atoms with Crippen molar-refractivity contribution in [2.24, 2.45) is 5.41 Å². The molecule has 0 aromatic rings. The van der Waals surface area contributed by atoms with E-state index in [2.05, 4.69) is 39.9 Å². The molecule has 0 spiro atoms. The molecule has 0 saturated heterocycles. The molecule has 2 unspecified atom stereocenters. The average molecular weight is 206 g/mol. The first kappa shape index (κ1) is 13.2. The fourth-order valence-electron chi connectivity index (χ4n) is 1.21. The van der Waals surface area contributed by atoms with E-state index >= 15 is 0 Å². The predicted octanol–water partition coefficient (Wildman–Crippen LogP) is 3.42. The largest absolute Gasteiger partial charge is 0.313 e. The molecular formula is C11H24ClN. The zero-order valence-electron chi connectivity index (χ0n) is 9.65. The fourth-order valence-corrected chi connectivity index (χ4v) is 1.76. The van der Waals surface area contributed by atoms with Gasteiger partial charge in [-0.05, 0) is 25.2 Å². The van der Waals surface area contributed by atoms with E-state index in [1.807, 2.05) is 0 Å². The van der Waals surface area contributed by atoms with Crippen LogP contribution in [-0.2, 0) is 0 Å². The van der Waals surface area contributed by atoms with Crippen LogP contribution in [0.5, 0.6) is 0 Å². The number of rotatable bonds is 5. The van der Waals surface area contributed by atoms with Crippen molar-refractivity contribution in [2.75, 3.05) is 6.54 Å². The standard InChI is InChI=1S/C11H24ClN/c1-6-9(2)13-8-10(12)7-11(3,4)5/h9-10,13H,6-8H2,1-5H3. The Bertz CT molecular complexity index is 129. The lowest BCUT2D eigenvalue weighted by molar-refractivity contribution is 0.359. The number of nitrogens with one attached hydrogen (secondary N) is 1. The maximum absolute atomic E-state index is 6.20. The molecule has 0 aliphatic heterocycles. The second-order valence-electron chi connectivity index (χ2n) is 5.08. The van der Waals surface area contributed by atoms with E-state index in [0.29, 0.717) is 11.5 Å². The normalized spacial score (nSPS) is 17.1. The summed E-state index contributed by atoms with van der Waals surface area (Å²) in [6.07, 6.45) is 2.23. The molecule has 0 saturated carbocycles. The van der Waals surface area contributed by atoms with Crippen molar-refractivity contribution in [1.29, 1.82) is 0 Å². The van der Waals surface area contributed by atoms with Gasteiger partial charge in [0.1, 0.15) is 0 Å². The van der Waals surface area contributed by atoms with Crippen LogP contribution in [0.15, 0.2) is 0 Å². The molecule has 1 nitrogen and oxygen atoms in total. The van der Waals surface area contributed by atoms with Gasteiger partial charge in [-0.25, -0.2) is 0 Å². The fraction of sp³-hybridized carbons (Fsp3) is 1.00. The smallest absolute Gasteiger partial charge is 0.0465 e. The third kappa shape index (κ3) is 8.58. The van der Waals surface area contributed by atoms with Gasteiger partial charge in [-0.1, -0.05) is 27.7 Å². The topological polar surface area (TPSA) is 12.0 Å². The van der Waals surface area contributed by atoms with Crippen LogP contribution in [0.3, 0.4) is 0 Å². The minimum absolute atomic E-state index is 0.258. The number of alkyl halides is 1. The van der Waals surface area contributed by atoms with Gasteiger partial charge in [0.15, 0.2) is 0 Å². The molecule has 80 valence electrons. The number of halogens is 1. The molecule has 0 fully saturated rings. The quantitative estimate of drug-likeness (QED) is 0.679. The van der Waals surface area contributed by atoms with Crippen molar-refractivity contribution < 1.29 is 0 Å². The van der Waals surface area contributed by atoms with Crippen LogP contribution in [0.4, 0.5) is 0 Å². The Balaban J connectivity index is 3.57. The minimum atomic E-state index is 0.258. The van der Waals surface area contributed by atoms with Gasteiger partial charge >= 0.3 is 0 Å². The number of hydrogen-bond acceptors (Lipinski definition) is 1. The van der Waals surface area contributed by atoms with Crippen LogP contribution in [0, 0.1) is 5.41 Å². The van der Waals surface area contributed by atoms with Crippen molar-refractivity contribution >= 4 is 11.6 Å². The molecule has 0 amide bonds. The highest BCUT2D eigenvalue weighted by atomic mass is 35.5. The summed E-state index contributed by atoms with van der Waals surface area (Å²) in [6, 6.07) is 0.584. The molecule has 0 aromatic carbocycles. The Hall–Kier alpha value is 0.250. The first-order valence-corrected chi connectivity index (χ1v) is 5.66. The van der Waals surface area contributed by atoms with Crippen molar-refractivity contribution in [1.82, 2.24) is 5.32 Å². The minimum Gasteiger partial charge on any atom is -0.313 e. The molecule has 0 aromatic heterocycles. The van der Waals surface area contributed by atoms with Gasteiger partial charge in [0.2, 0.25) is 0 Å². The van der Waals surface area contributed by atoms with Gasteiger partial charge in [-0.15, -0.1) is 11.6 Å². The van der Waals surface area contributed by atoms with E-state index in [9.17, 15) is 0 Å². The van der Waals surface area contributed by atoms with E-state index in [1.54, 1.807) is 0 Å². The van der Waals surface area contributed by atoms with Gasteiger partial charge in [0, 0.05) is 18.0 Å². The monoisotopic (exact) mass is 205 g/mol. The van der Waals surface area contributed by atoms with E-state index < -0.39 is 0 Å². The first-order chi connectivity index (χ1) is 5.85. The van der Waals surface area contributed by atoms with Crippen LogP contribution in [0.1, 0.15) is 47.5 Å². The second-order valence-corrected chi connectivity index (χ2v) is 5.70. The summed E-state index contributed by atoms with van der Waals surface area (Å²) in [5, 5.41) is 3.68. The Morgan fingerprint density at radius 2 is 1.85 bits per heavy atom. The van der Waals surface area contributed by atoms with E-state index in [1.165, 1.54) is 6.42 Å². The van der Waals surface area contributed by atoms with Crippen LogP contribution in [-0.4, -0.2) is 18.0 Å². The highest BCUT2D eigenvalue weighted by Crippen LogP contribution is 2.23. The molecule has 1 N–H and O–H groups in total. The van der Waals surface area contributed by atoms with Gasteiger partial charge < -0.3 is 5.32 Å². The van der Waals surface area contributed by atoms with Crippen LogP contribution >= 0.6 is 11.6 Å². The average Bonchev–Trinajstić information content (AvgIpc) is 1.97. The predicted molar refractivity (Wildman–Crippen MR) is 61.5 cm³/mol. The number of hydrogen-bond donors (Lipinski definition) is 1. The molecular weight excluding hydrogens is 182 g/mol. The summed E-state index contributed by atoms with van der Waals surface area (Å²) >= 11 is 6.20. The Labute approximate surface area is 88.2 Å². The third-order valence-corrected chi connectivity index (χ3v) is 2.44. The zero-order valence-corrected chi connectivity index (χ0v) is 10.4. The summed E-state index contributed by atoms with van der Waals surface area (Å²) in [5.41, 5.74) is 0.337. The molecule has 0 bridgehead atoms. The van der Waals surface area contributed by atoms with Crippen molar-refractivity contribution in [2.45, 2.75) is 58.9 Å². The van der Waals surface area contributed by atoms with E-state index in [-0.39, 0.29) is 5.38 Å². The maximum Gasteiger partial charge on any atom is 0.0465 e. The van der Waals surface area contributed by atoms with Gasteiger partial charge in [-0.3, -0.25) is 0 Å². The van der Waals surface area contributed by atoms with Crippen LogP contribution in [0.25, 0.3) is 0 Å². The first-order valence-electron chi connectivity index (χ1n) is 5.22. The molecule has 2 heteroatoms. The zero-order chi connectivity index (χ0) is 10.5. The molecule has 0 rings (SSSR count). The van der Waals surface area contributed by atoms with Crippen molar-refractivity contribution in [3.8, 4) is 0 Å².